The number of hydrogen-bond acceptors (Lipinski definition) is 2. The van der Waals surface area contributed by atoms with Crippen LogP contribution >= 0.6 is 0 Å². The Kier molecular flexibility index (Phi) is 2.71. The molecule has 0 radical (unpaired) electrons. The molecule has 0 atom stereocenters. The van der Waals surface area contributed by atoms with Gasteiger partial charge in [-0.05, 0) is 26.3 Å². The number of nitrogens with zero attached hydrogens (tertiary/aromatic N) is 1. The van der Waals surface area contributed by atoms with Crippen LogP contribution in [-0.4, -0.2) is 5.78 Å². The zero-order valence-electron chi connectivity index (χ0n) is 8.66. The molecule has 0 saturated carbocycles. The predicted molar refractivity (Wildman–Crippen MR) is 55.1 cm³/mol. The molecule has 0 aliphatic rings. The smallest absolute Gasteiger partial charge is 0.160 e. The lowest BCUT2D eigenvalue weighted by molar-refractivity contribution is 0.101. The molecule has 0 aliphatic heterocycles. The van der Waals surface area contributed by atoms with Gasteiger partial charge in [0, 0.05) is 5.56 Å². The summed E-state index contributed by atoms with van der Waals surface area (Å²) in [5, 5.41) is 8.99. The summed E-state index contributed by atoms with van der Waals surface area (Å²) in [6, 6.07) is 9.46. The molecule has 0 N–H and O–H groups in total. The molecule has 0 amide bonds. The van der Waals surface area contributed by atoms with Crippen LogP contribution in [0.4, 0.5) is 0 Å². The van der Waals surface area contributed by atoms with E-state index in [0.717, 1.165) is 5.56 Å². The van der Waals surface area contributed by atoms with E-state index in [1.54, 1.807) is 6.07 Å². The van der Waals surface area contributed by atoms with Crippen LogP contribution in [0.25, 0.3) is 0 Å². The fourth-order valence-electron chi connectivity index (χ4n) is 1.40. The lowest BCUT2D eigenvalue weighted by Gasteiger charge is -2.18. The monoisotopic (exact) mass is 187 g/mol. The fraction of sp³-hybridized carbons (Fsp3) is 0.333. The van der Waals surface area contributed by atoms with E-state index < -0.39 is 5.41 Å². The van der Waals surface area contributed by atoms with Gasteiger partial charge in [-0.2, -0.15) is 5.26 Å². The van der Waals surface area contributed by atoms with Gasteiger partial charge in [0.25, 0.3) is 0 Å². The van der Waals surface area contributed by atoms with Crippen molar-refractivity contribution in [2.24, 2.45) is 0 Å². The van der Waals surface area contributed by atoms with E-state index >= 15 is 0 Å². The molecule has 0 saturated heterocycles. The molecule has 1 rings (SSSR count). The van der Waals surface area contributed by atoms with Crippen LogP contribution in [0.2, 0.25) is 0 Å². The molecule has 0 bridgehead atoms. The number of rotatable bonds is 2. The van der Waals surface area contributed by atoms with Crippen molar-refractivity contribution in [2.75, 3.05) is 0 Å². The topological polar surface area (TPSA) is 40.9 Å². The molecule has 2 heteroatoms. The van der Waals surface area contributed by atoms with Gasteiger partial charge in [-0.15, -0.1) is 0 Å². The summed E-state index contributed by atoms with van der Waals surface area (Å²) in [6.07, 6.45) is 0. The summed E-state index contributed by atoms with van der Waals surface area (Å²) >= 11 is 0. The first kappa shape index (κ1) is 10.5. The van der Waals surface area contributed by atoms with Gasteiger partial charge in [-0.3, -0.25) is 4.79 Å². The van der Waals surface area contributed by atoms with Gasteiger partial charge in [0.1, 0.15) is 0 Å². The maximum atomic E-state index is 11.3. The molecule has 0 unspecified atom stereocenters. The summed E-state index contributed by atoms with van der Waals surface area (Å²) in [6.45, 7) is 5.15. The van der Waals surface area contributed by atoms with Crippen LogP contribution in [0.1, 0.15) is 36.7 Å². The van der Waals surface area contributed by atoms with Crippen molar-refractivity contribution >= 4 is 5.78 Å². The van der Waals surface area contributed by atoms with E-state index in [1.165, 1.54) is 6.92 Å². The van der Waals surface area contributed by atoms with Crippen molar-refractivity contribution in [3.8, 4) is 6.07 Å². The highest BCUT2D eigenvalue weighted by atomic mass is 16.1. The molecular weight excluding hydrogens is 174 g/mol. The summed E-state index contributed by atoms with van der Waals surface area (Å²) in [4.78, 5) is 11.3. The van der Waals surface area contributed by atoms with Crippen LogP contribution in [0.3, 0.4) is 0 Å². The van der Waals surface area contributed by atoms with Gasteiger partial charge in [-0.1, -0.05) is 24.3 Å². The summed E-state index contributed by atoms with van der Waals surface area (Å²) in [5.74, 6) is 0.00363. The zero-order chi connectivity index (χ0) is 10.8. The van der Waals surface area contributed by atoms with Gasteiger partial charge in [0.05, 0.1) is 11.5 Å². The van der Waals surface area contributed by atoms with Gasteiger partial charge >= 0.3 is 0 Å². The highest BCUT2D eigenvalue weighted by Crippen LogP contribution is 2.25. The van der Waals surface area contributed by atoms with Crippen molar-refractivity contribution < 1.29 is 4.79 Å². The Morgan fingerprint density at radius 2 is 1.93 bits per heavy atom. The van der Waals surface area contributed by atoms with E-state index in [4.69, 9.17) is 5.26 Å². The average molecular weight is 187 g/mol. The van der Waals surface area contributed by atoms with E-state index in [-0.39, 0.29) is 5.78 Å². The summed E-state index contributed by atoms with van der Waals surface area (Å²) in [5.41, 5.74) is 0.830. The maximum Gasteiger partial charge on any atom is 0.160 e. The third-order valence-corrected chi connectivity index (χ3v) is 2.26. The molecule has 0 fully saturated rings. The molecule has 2 nitrogen and oxygen atoms in total. The van der Waals surface area contributed by atoms with E-state index in [0.29, 0.717) is 5.56 Å². The Morgan fingerprint density at radius 3 is 2.43 bits per heavy atom. The SMILES string of the molecule is CC(=O)c1ccccc1C(C)(C)C#N. The third-order valence-electron chi connectivity index (χ3n) is 2.26. The fourth-order valence-corrected chi connectivity index (χ4v) is 1.40. The van der Waals surface area contributed by atoms with Crippen molar-refractivity contribution in [3.05, 3.63) is 35.4 Å². The van der Waals surface area contributed by atoms with Crippen LogP contribution in [0.15, 0.2) is 24.3 Å². The number of ketones is 1. The van der Waals surface area contributed by atoms with E-state index in [1.807, 2.05) is 32.0 Å². The Balaban J connectivity index is 3.36. The molecule has 0 spiro atoms. The Hall–Kier alpha value is -1.62. The molecule has 1 aromatic rings. The quantitative estimate of drug-likeness (QED) is 0.668. The number of Topliss-reactive ketones (excluding diaryl/α,β-unsaturated/α-hetero) is 1. The number of hydrogen-bond donors (Lipinski definition) is 0. The Morgan fingerprint density at radius 1 is 1.36 bits per heavy atom. The first-order valence-corrected chi connectivity index (χ1v) is 4.51. The van der Waals surface area contributed by atoms with Gasteiger partial charge in [0.2, 0.25) is 0 Å². The van der Waals surface area contributed by atoms with Crippen molar-refractivity contribution in [3.63, 3.8) is 0 Å². The molecule has 0 heterocycles. The Bertz CT molecular complexity index is 399. The van der Waals surface area contributed by atoms with Crippen molar-refractivity contribution in [1.29, 1.82) is 5.26 Å². The first-order chi connectivity index (χ1) is 6.49. The lowest BCUT2D eigenvalue weighted by Crippen LogP contribution is -2.17. The number of benzene rings is 1. The lowest BCUT2D eigenvalue weighted by atomic mass is 9.82. The highest BCUT2D eigenvalue weighted by molar-refractivity contribution is 5.96. The summed E-state index contributed by atoms with van der Waals surface area (Å²) < 4.78 is 0. The van der Waals surface area contributed by atoms with Crippen LogP contribution in [0.5, 0.6) is 0 Å². The molecule has 1 aromatic carbocycles. The molecule has 0 aliphatic carbocycles. The minimum absolute atomic E-state index is 0.00363. The van der Waals surface area contributed by atoms with E-state index in [2.05, 4.69) is 6.07 Å². The van der Waals surface area contributed by atoms with Crippen LogP contribution in [0, 0.1) is 11.3 Å². The van der Waals surface area contributed by atoms with Crippen molar-refractivity contribution in [1.82, 2.24) is 0 Å². The third kappa shape index (κ3) is 1.82. The standard InChI is InChI=1S/C12H13NO/c1-9(14)10-6-4-5-7-11(10)12(2,3)8-13/h4-7H,1-3H3. The second-order valence-electron chi connectivity index (χ2n) is 3.84. The number of carbonyl (C=O) groups is 1. The van der Waals surface area contributed by atoms with Gasteiger partial charge < -0.3 is 0 Å². The Labute approximate surface area is 84.2 Å². The van der Waals surface area contributed by atoms with E-state index in [9.17, 15) is 4.79 Å². The van der Waals surface area contributed by atoms with Gasteiger partial charge in [-0.25, -0.2) is 0 Å². The minimum atomic E-state index is -0.609. The second-order valence-corrected chi connectivity index (χ2v) is 3.84. The highest BCUT2D eigenvalue weighted by Gasteiger charge is 2.23. The second kappa shape index (κ2) is 3.63. The van der Waals surface area contributed by atoms with Crippen LogP contribution < -0.4 is 0 Å². The first-order valence-electron chi connectivity index (χ1n) is 4.51. The normalized spacial score (nSPS) is 10.7. The molecular formula is C12H13NO. The summed E-state index contributed by atoms with van der Waals surface area (Å²) in [7, 11) is 0. The molecule has 14 heavy (non-hydrogen) atoms. The maximum absolute atomic E-state index is 11.3. The minimum Gasteiger partial charge on any atom is -0.295 e. The number of nitriles is 1. The number of carbonyl (C=O) groups excluding carboxylic acids is 1. The predicted octanol–water partition coefficient (Wildman–Crippen LogP) is 2.69. The average Bonchev–Trinajstić information content (AvgIpc) is 2.18. The molecule has 0 aromatic heterocycles. The van der Waals surface area contributed by atoms with Crippen molar-refractivity contribution in [2.45, 2.75) is 26.2 Å². The van der Waals surface area contributed by atoms with Crippen LogP contribution in [-0.2, 0) is 5.41 Å². The molecule has 72 valence electrons. The largest absolute Gasteiger partial charge is 0.295 e. The zero-order valence-corrected chi connectivity index (χ0v) is 8.66. The van der Waals surface area contributed by atoms with Gasteiger partial charge in [0.15, 0.2) is 5.78 Å².